The van der Waals surface area contributed by atoms with Crippen LogP contribution in [0.15, 0.2) is 0 Å². The first-order valence-electron chi connectivity index (χ1n) is 7.05. The van der Waals surface area contributed by atoms with Crippen LogP contribution in [0.3, 0.4) is 0 Å². The molecule has 1 fully saturated rings. The number of hydrogen-bond donors (Lipinski definition) is 1. The van der Waals surface area contributed by atoms with Crippen LogP contribution in [0.1, 0.15) is 60.3 Å². The molecule has 0 aliphatic carbocycles. The quantitative estimate of drug-likeness (QED) is 0.775. The molecule has 1 N–H and O–H groups in total. The van der Waals surface area contributed by atoms with Gasteiger partial charge in [0.2, 0.25) is 0 Å². The minimum Gasteiger partial charge on any atom is -0.311 e. The van der Waals surface area contributed by atoms with Crippen molar-refractivity contribution in [2.24, 2.45) is 0 Å². The first kappa shape index (κ1) is 14.0. The molecule has 1 atom stereocenters. The van der Waals surface area contributed by atoms with Gasteiger partial charge in [-0.25, -0.2) is 0 Å². The molecule has 1 aliphatic rings. The highest BCUT2D eigenvalue weighted by Gasteiger charge is 2.36. The fourth-order valence-electron chi connectivity index (χ4n) is 2.96. The Bertz CT molecular complexity index is 197. The third-order valence-corrected chi connectivity index (χ3v) is 4.04. The molecule has 0 aromatic rings. The molecule has 2 nitrogen and oxygen atoms in total. The monoisotopic (exact) mass is 226 g/mol. The van der Waals surface area contributed by atoms with Crippen LogP contribution in [0.4, 0.5) is 0 Å². The molecule has 0 aromatic carbocycles. The zero-order chi connectivity index (χ0) is 12.2. The van der Waals surface area contributed by atoms with E-state index in [0.29, 0.717) is 11.6 Å². The second-order valence-corrected chi connectivity index (χ2v) is 5.80. The van der Waals surface area contributed by atoms with E-state index in [-0.39, 0.29) is 0 Å². The van der Waals surface area contributed by atoms with Crippen LogP contribution >= 0.6 is 0 Å². The second kappa shape index (κ2) is 6.02. The lowest BCUT2D eigenvalue weighted by molar-refractivity contribution is 0.0199. The average Bonchev–Trinajstić information content (AvgIpc) is 2.25. The van der Waals surface area contributed by atoms with Gasteiger partial charge in [0.25, 0.3) is 0 Å². The van der Waals surface area contributed by atoms with E-state index in [9.17, 15) is 0 Å². The Hall–Kier alpha value is -0.0800. The molecule has 1 saturated heterocycles. The molecule has 1 rings (SSSR count). The summed E-state index contributed by atoms with van der Waals surface area (Å²) in [5.41, 5.74) is 0.320. The molecule has 1 heterocycles. The lowest BCUT2D eigenvalue weighted by Gasteiger charge is -2.50. The van der Waals surface area contributed by atoms with Crippen LogP contribution in [0.2, 0.25) is 0 Å². The summed E-state index contributed by atoms with van der Waals surface area (Å²) in [7, 11) is 0. The highest BCUT2D eigenvalue weighted by atomic mass is 15.3. The van der Waals surface area contributed by atoms with Crippen LogP contribution < -0.4 is 5.32 Å². The third kappa shape index (κ3) is 3.21. The van der Waals surface area contributed by atoms with Gasteiger partial charge in [0, 0.05) is 30.7 Å². The highest BCUT2D eigenvalue weighted by Crippen LogP contribution is 2.25. The minimum atomic E-state index is 0.320. The predicted octanol–water partition coefficient (Wildman–Crippen LogP) is 3.03. The van der Waals surface area contributed by atoms with E-state index >= 15 is 0 Å². The summed E-state index contributed by atoms with van der Waals surface area (Å²) in [4.78, 5) is 2.74. The molecule has 0 bridgehead atoms. The number of rotatable bonds is 5. The maximum atomic E-state index is 3.70. The lowest BCUT2D eigenvalue weighted by Crippen LogP contribution is -2.64. The first-order valence-corrected chi connectivity index (χ1v) is 7.05. The van der Waals surface area contributed by atoms with Crippen molar-refractivity contribution >= 4 is 0 Å². The van der Waals surface area contributed by atoms with Crippen molar-refractivity contribution in [1.29, 1.82) is 0 Å². The average molecular weight is 226 g/mol. The Balaban J connectivity index is 2.67. The predicted molar refractivity (Wildman–Crippen MR) is 71.9 cm³/mol. The number of hydrogen-bond acceptors (Lipinski definition) is 2. The fourth-order valence-corrected chi connectivity index (χ4v) is 2.96. The summed E-state index contributed by atoms with van der Waals surface area (Å²) in [5, 5.41) is 3.70. The number of nitrogens with one attached hydrogen (secondary N) is 1. The van der Waals surface area contributed by atoms with Crippen molar-refractivity contribution in [2.45, 2.75) is 77.9 Å². The summed E-state index contributed by atoms with van der Waals surface area (Å²) < 4.78 is 0. The number of piperazine rings is 1. The highest BCUT2D eigenvalue weighted by molar-refractivity contribution is 4.95. The molecule has 96 valence electrons. The van der Waals surface area contributed by atoms with Gasteiger partial charge in [-0.05, 0) is 33.1 Å². The van der Waals surface area contributed by atoms with Gasteiger partial charge in [0.15, 0.2) is 0 Å². The van der Waals surface area contributed by atoms with Crippen molar-refractivity contribution in [3.8, 4) is 0 Å². The second-order valence-electron chi connectivity index (χ2n) is 5.80. The van der Waals surface area contributed by atoms with Gasteiger partial charge in [-0.1, -0.05) is 27.2 Å². The molecule has 16 heavy (non-hydrogen) atoms. The van der Waals surface area contributed by atoms with Gasteiger partial charge in [-0.2, -0.15) is 0 Å². The molecular weight excluding hydrogens is 196 g/mol. The van der Waals surface area contributed by atoms with Crippen molar-refractivity contribution < 1.29 is 0 Å². The molecule has 2 heteroatoms. The molecule has 1 unspecified atom stereocenters. The molecule has 0 saturated carbocycles. The van der Waals surface area contributed by atoms with Gasteiger partial charge in [-0.3, -0.25) is 4.90 Å². The molecule has 0 aromatic heterocycles. The van der Waals surface area contributed by atoms with Gasteiger partial charge in [0.05, 0.1) is 0 Å². The lowest BCUT2D eigenvalue weighted by atomic mass is 9.92. The Kier molecular flexibility index (Phi) is 5.26. The van der Waals surface area contributed by atoms with Gasteiger partial charge < -0.3 is 5.32 Å². The standard InChI is InChI=1S/C14H30N2/c1-6-9-12-10-16(13(7-2)8-3)14(4,5)11-15-12/h12-13,15H,6-11H2,1-5H3. The van der Waals surface area contributed by atoms with Gasteiger partial charge >= 0.3 is 0 Å². The summed E-state index contributed by atoms with van der Waals surface area (Å²) in [6.45, 7) is 14.0. The Morgan fingerprint density at radius 2 is 1.88 bits per heavy atom. The van der Waals surface area contributed by atoms with E-state index in [1.54, 1.807) is 0 Å². The summed E-state index contributed by atoms with van der Waals surface area (Å²) in [5.74, 6) is 0. The van der Waals surface area contributed by atoms with Crippen molar-refractivity contribution in [2.75, 3.05) is 13.1 Å². The van der Waals surface area contributed by atoms with Crippen molar-refractivity contribution in [3.63, 3.8) is 0 Å². The number of nitrogens with zero attached hydrogens (tertiary/aromatic N) is 1. The van der Waals surface area contributed by atoms with Crippen molar-refractivity contribution in [3.05, 3.63) is 0 Å². The maximum absolute atomic E-state index is 3.70. The van der Waals surface area contributed by atoms with Gasteiger partial charge in [-0.15, -0.1) is 0 Å². The first-order chi connectivity index (χ1) is 7.55. The summed E-state index contributed by atoms with van der Waals surface area (Å²) in [6.07, 6.45) is 5.15. The molecule has 1 aliphatic heterocycles. The minimum absolute atomic E-state index is 0.320. The molecule has 0 radical (unpaired) electrons. The Labute approximate surface area is 102 Å². The van der Waals surface area contributed by atoms with E-state index in [1.165, 1.54) is 32.2 Å². The third-order valence-electron chi connectivity index (χ3n) is 4.04. The zero-order valence-corrected chi connectivity index (χ0v) is 11.8. The molecule has 0 amide bonds. The van der Waals surface area contributed by atoms with Gasteiger partial charge in [0.1, 0.15) is 0 Å². The zero-order valence-electron chi connectivity index (χ0n) is 11.8. The van der Waals surface area contributed by atoms with E-state index in [0.717, 1.165) is 12.6 Å². The van der Waals surface area contributed by atoms with Crippen LogP contribution in [-0.2, 0) is 0 Å². The Morgan fingerprint density at radius 3 is 2.38 bits per heavy atom. The summed E-state index contributed by atoms with van der Waals surface area (Å²) in [6, 6.07) is 1.47. The van der Waals surface area contributed by atoms with E-state index in [4.69, 9.17) is 0 Å². The van der Waals surface area contributed by atoms with Crippen LogP contribution in [0.5, 0.6) is 0 Å². The summed E-state index contributed by atoms with van der Waals surface area (Å²) >= 11 is 0. The van der Waals surface area contributed by atoms with Crippen LogP contribution in [0, 0.1) is 0 Å². The molecular formula is C14H30N2. The van der Waals surface area contributed by atoms with E-state index in [2.05, 4.69) is 44.8 Å². The molecule has 0 spiro atoms. The van der Waals surface area contributed by atoms with E-state index < -0.39 is 0 Å². The smallest absolute Gasteiger partial charge is 0.0281 e. The maximum Gasteiger partial charge on any atom is 0.0281 e. The SMILES string of the molecule is CCCC1CN(C(CC)CC)C(C)(C)CN1. The largest absolute Gasteiger partial charge is 0.311 e. The topological polar surface area (TPSA) is 15.3 Å². The normalized spacial score (nSPS) is 26.2. The Morgan fingerprint density at radius 1 is 1.25 bits per heavy atom. The van der Waals surface area contributed by atoms with Crippen LogP contribution in [0.25, 0.3) is 0 Å². The fraction of sp³-hybridized carbons (Fsp3) is 1.00. The van der Waals surface area contributed by atoms with Crippen LogP contribution in [-0.4, -0.2) is 35.6 Å². The van der Waals surface area contributed by atoms with Crippen molar-refractivity contribution in [1.82, 2.24) is 10.2 Å². The van der Waals surface area contributed by atoms with E-state index in [1.807, 2.05) is 0 Å².